The average Bonchev–Trinajstić information content (AvgIpc) is 2.22. The molecule has 2 unspecified atom stereocenters. The lowest BCUT2D eigenvalue weighted by atomic mass is 10.1. The van der Waals surface area contributed by atoms with E-state index in [1.807, 2.05) is 0 Å². The Bertz CT molecular complexity index is 128. The molecule has 0 fully saturated rings. The summed E-state index contributed by atoms with van der Waals surface area (Å²) in [5.41, 5.74) is 0. The maximum Gasteiger partial charge on any atom is 0.0499 e. The van der Waals surface area contributed by atoms with Gasteiger partial charge in [0.2, 0.25) is 0 Å². The van der Waals surface area contributed by atoms with Crippen LogP contribution in [0.5, 0.6) is 0 Å². The number of ether oxygens (including phenoxy) is 1. The van der Waals surface area contributed by atoms with E-state index in [1.54, 1.807) is 7.11 Å². The standard InChI is InChI=1S/C13H29NO/c1-5-6-7-8-9-13(3)14-10-12(2)11-15-4/h12-14H,5-11H2,1-4H3. The van der Waals surface area contributed by atoms with Crippen LogP contribution in [0, 0.1) is 5.92 Å². The first-order valence-electron chi connectivity index (χ1n) is 6.43. The molecule has 15 heavy (non-hydrogen) atoms. The van der Waals surface area contributed by atoms with E-state index < -0.39 is 0 Å². The van der Waals surface area contributed by atoms with Gasteiger partial charge in [0.15, 0.2) is 0 Å². The van der Waals surface area contributed by atoms with Gasteiger partial charge in [-0.2, -0.15) is 0 Å². The Morgan fingerprint density at radius 1 is 1.13 bits per heavy atom. The summed E-state index contributed by atoms with van der Waals surface area (Å²) in [6.07, 6.45) is 6.76. The van der Waals surface area contributed by atoms with Gasteiger partial charge in [0.05, 0.1) is 0 Å². The van der Waals surface area contributed by atoms with Crippen LogP contribution in [0.25, 0.3) is 0 Å². The number of hydrogen-bond donors (Lipinski definition) is 1. The average molecular weight is 215 g/mol. The summed E-state index contributed by atoms with van der Waals surface area (Å²) >= 11 is 0. The Hall–Kier alpha value is -0.0800. The summed E-state index contributed by atoms with van der Waals surface area (Å²) in [5.74, 6) is 0.619. The molecule has 2 nitrogen and oxygen atoms in total. The predicted octanol–water partition coefficient (Wildman–Crippen LogP) is 3.22. The molecule has 0 saturated carbocycles. The molecule has 0 rings (SSSR count). The van der Waals surface area contributed by atoms with E-state index in [-0.39, 0.29) is 0 Å². The fourth-order valence-corrected chi connectivity index (χ4v) is 1.73. The van der Waals surface area contributed by atoms with Crippen molar-refractivity contribution in [1.29, 1.82) is 0 Å². The molecule has 0 radical (unpaired) electrons. The minimum absolute atomic E-state index is 0.619. The zero-order valence-electron chi connectivity index (χ0n) is 11.0. The quantitative estimate of drug-likeness (QED) is 0.565. The molecule has 2 atom stereocenters. The molecule has 0 spiro atoms. The van der Waals surface area contributed by atoms with Crippen LogP contribution >= 0.6 is 0 Å². The van der Waals surface area contributed by atoms with Crippen LogP contribution in [0.15, 0.2) is 0 Å². The lowest BCUT2D eigenvalue weighted by Gasteiger charge is -2.17. The van der Waals surface area contributed by atoms with Gasteiger partial charge in [-0.3, -0.25) is 0 Å². The van der Waals surface area contributed by atoms with Crippen LogP contribution in [-0.4, -0.2) is 26.3 Å². The van der Waals surface area contributed by atoms with Crippen molar-refractivity contribution in [2.45, 2.75) is 58.9 Å². The molecule has 0 bridgehead atoms. The van der Waals surface area contributed by atoms with Crippen molar-refractivity contribution in [3.05, 3.63) is 0 Å². The van der Waals surface area contributed by atoms with Crippen LogP contribution in [0.4, 0.5) is 0 Å². The molecule has 0 aromatic carbocycles. The Labute approximate surface area is 95.8 Å². The zero-order chi connectivity index (χ0) is 11.5. The third-order valence-electron chi connectivity index (χ3n) is 2.76. The highest BCUT2D eigenvalue weighted by atomic mass is 16.5. The molecule has 0 saturated heterocycles. The molecule has 92 valence electrons. The summed E-state index contributed by atoms with van der Waals surface area (Å²) in [6.45, 7) is 8.69. The highest BCUT2D eigenvalue weighted by Gasteiger charge is 2.04. The molecule has 0 aromatic heterocycles. The molecule has 0 aromatic rings. The Morgan fingerprint density at radius 3 is 2.47 bits per heavy atom. The van der Waals surface area contributed by atoms with Crippen LogP contribution in [0.3, 0.4) is 0 Å². The van der Waals surface area contributed by atoms with Crippen LogP contribution in [0.2, 0.25) is 0 Å². The van der Waals surface area contributed by atoms with Gasteiger partial charge in [-0.15, -0.1) is 0 Å². The third-order valence-corrected chi connectivity index (χ3v) is 2.76. The summed E-state index contributed by atoms with van der Waals surface area (Å²) in [5, 5.41) is 3.56. The van der Waals surface area contributed by atoms with Crippen molar-refractivity contribution < 1.29 is 4.74 Å². The Balaban J connectivity index is 3.28. The lowest BCUT2D eigenvalue weighted by molar-refractivity contribution is 0.157. The minimum Gasteiger partial charge on any atom is -0.384 e. The first kappa shape index (κ1) is 14.9. The van der Waals surface area contributed by atoms with E-state index in [2.05, 4.69) is 26.1 Å². The van der Waals surface area contributed by atoms with Gasteiger partial charge in [0.1, 0.15) is 0 Å². The maximum absolute atomic E-state index is 5.11. The fraction of sp³-hybridized carbons (Fsp3) is 1.00. The van der Waals surface area contributed by atoms with E-state index in [4.69, 9.17) is 4.74 Å². The fourth-order valence-electron chi connectivity index (χ4n) is 1.73. The van der Waals surface area contributed by atoms with Crippen LogP contribution in [-0.2, 0) is 4.74 Å². The monoisotopic (exact) mass is 215 g/mol. The summed E-state index contributed by atoms with van der Waals surface area (Å²) in [7, 11) is 1.77. The van der Waals surface area contributed by atoms with Gasteiger partial charge in [-0.1, -0.05) is 39.5 Å². The van der Waals surface area contributed by atoms with Crippen LogP contribution in [0.1, 0.15) is 52.9 Å². The van der Waals surface area contributed by atoms with E-state index in [1.165, 1.54) is 32.1 Å². The van der Waals surface area contributed by atoms with E-state index in [0.717, 1.165) is 13.2 Å². The molecule has 0 amide bonds. The summed E-state index contributed by atoms with van der Waals surface area (Å²) in [6, 6.07) is 0.654. The number of nitrogens with one attached hydrogen (secondary N) is 1. The van der Waals surface area contributed by atoms with Gasteiger partial charge >= 0.3 is 0 Å². The van der Waals surface area contributed by atoms with E-state index in [9.17, 15) is 0 Å². The zero-order valence-corrected chi connectivity index (χ0v) is 11.0. The van der Waals surface area contributed by atoms with Gasteiger partial charge < -0.3 is 10.1 Å². The normalized spacial score (nSPS) is 15.2. The van der Waals surface area contributed by atoms with Gasteiger partial charge in [0, 0.05) is 26.3 Å². The largest absolute Gasteiger partial charge is 0.384 e. The van der Waals surface area contributed by atoms with E-state index in [0.29, 0.717) is 12.0 Å². The SMILES string of the molecule is CCCCCCC(C)NCC(C)COC. The molecule has 0 aliphatic carbocycles. The van der Waals surface area contributed by atoms with Crippen molar-refractivity contribution in [1.82, 2.24) is 5.32 Å². The maximum atomic E-state index is 5.11. The second kappa shape index (κ2) is 10.4. The van der Waals surface area contributed by atoms with Crippen molar-refractivity contribution >= 4 is 0 Å². The van der Waals surface area contributed by atoms with Crippen molar-refractivity contribution in [2.24, 2.45) is 5.92 Å². The van der Waals surface area contributed by atoms with Gasteiger partial charge in [-0.25, -0.2) is 0 Å². The molecule has 2 heteroatoms. The summed E-state index contributed by atoms with van der Waals surface area (Å²) in [4.78, 5) is 0. The predicted molar refractivity (Wildman–Crippen MR) is 67.3 cm³/mol. The molecule has 0 aliphatic heterocycles. The molecule has 1 N–H and O–H groups in total. The number of hydrogen-bond acceptors (Lipinski definition) is 2. The van der Waals surface area contributed by atoms with Crippen molar-refractivity contribution in [3.63, 3.8) is 0 Å². The molecule has 0 aliphatic rings. The van der Waals surface area contributed by atoms with Gasteiger partial charge in [0.25, 0.3) is 0 Å². The highest BCUT2D eigenvalue weighted by Crippen LogP contribution is 2.05. The first-order valence-corrected chi connectivity index (χ1v) is 6.43. The van der Waals surface area contributed by atoms with E-state index >= 15 is 0 Å². The van der Waals surface area contributed by atoms with Crippen LogP contribution < -0.4 is 5.32 Å². The van der Waals surface area contributed by atoms with Gasteiger partial charge in [-0.05, 0) is 19.3 Å². The number of unbranched alkanes of at least 4 members (excludes halogenated alkanes) is 3. The Morgan fingerprint density at radius 2 is 1.87 bits per heavy atom. The minimum atomic E-state index is 0.619. The summed E-state index contributed by atoms with van der Waals surface area (Å²) < 4.78 is 5.11. The second-order valence-electron chi connectivity index (χ2n) is 4.72. The third kappa shape index (κ3) is 10.2. The molecular formula is C13H29NO. The first-order chi connectivity index (χ1) is 7.20. The molecular weight excluding hydrogens is 186 g/mol. The number of rotatable bonds is 10. The van der Waals surface area contributed by atoms with Crippen molar-refractivity contribution in [2.75, 3.05) is 20.3 Å². The smallest absolute Gasteiger partial charge is 0.0499 e. The lowest BCUT2D eigenvalue weighted by Crippen LogP contribution is -2.31. The topological polar surface area (TPSA) is 21.3 Å². The second-order valence-corrected chi connectivity index (χ2v) is 4.72. The highest BCUT2D eigenvalue weighted by molar-refractivity contribution is 4.63. The Kier molecular flexibility index (Phi) is 10.4. The van der Waals surface area contributed by atoms with Crippen molar-refractivity contribution in [3.8, 4) is 0 Å². The molecule has 0 heterocycles. The number of methoxy groups -OCH3 is 1.